The minimum absolute atomic E-state index is 0.167. The molecule has 15 heteroatoms. The number of phenolic OH excluding ortho intramolecular Hbond substituents is 2. The van der Waals surface area contributed by atoms with Crippen LogP contribution in [0.5, 0.6) is 11.5 Å². The summed E-state index contributed by atoms with van der Waals surface area (Å²) >= 11 is 2.30. The van der Waals surface area contributed by atoms with Crippen LogP contribution in [0.2, 0.25) is 0 Å². The second-order valence-electron chi connectivity index (χ2n) is 8.18. The standard InChI is InChI=1S/C22H31N3O10S2/c1-36-8-7-21(24,19(31)32)15(28)6-4-12(23)17(29)22(25,20(33)34)16(10-37-2)35-18(30)11-3-5-13(26)14(27)9-11/h3,5,9,12,16,26-27H,4,6-8,10,23-25H2,1-2H3,(H,31,32)(H,33,34). The number of hydrogen-bond donors (Lipinski definition) is 7. The molecule has 206 valence electrons. The first-order valence-electron chi connectivity index (χ1n) is 10.7. The van der Waals surface area contributed by atoms with Crippen molar-refractivity contribution in [2.24, 2.45) is 17.2 Å². The maximum Gasteiger partial charge on any atom is 0.338 e. The molecule has 13 nitrogen and oxygen atoms in total. The van der Waals surface area contributed by atoms with E-state index in [0.717, 1.165) is 30.0 Å². The molecule has 0 aliphatic carbocycles. The van der Waals surface area contributed by atoms with Crippen LogP contribution >= 0.6 is 23.5 Å². The van der Waals surface area contributed by atoms with Crippen LogP contribution in [-0.2, 0) is 23.9 Å². The lowest BCUT2D eigenvalue weighted by Crippen LogP contribution is -2.68. The average Bonchev–Trinajstić information content (AvgIpc) is 2.85. The van der Waals surface area contributed by atoms with E-state index in [1.165, 1.54) is 11.8 Å². The van der Waals surface area contributed by atoms with Gasteiger partial charge in [-0.15, -0.1) is 0 Å². The molecule has 1 aromatic carbocycles. The van der Waals surface area contributed by atoms with Gasteiger partial charge in [-0.3, -0.25) is 9.59 Å². The Morgan fingerprint density at radius 1 is 1.00 bits per heavy atom. The van der Waals surface area contributed by atoms with Gasteiger partial charge in [0.2, 0.25) is 5.54 Å². The highest BCUT2D eigenvalue weighted by atomic mass is 32.2. The van der Waals surface area contributed by atoms with Crippen molar-refractivity contribution in [3.8, 4) is 11.5 Å². The zero-order chi connectivity index (χ0) is 28.6. The van der Waals surface area contributed by atoms with E-state index in [1.54, 1.807) is 12.5 Å². The van der Waals surface area contributed by atoms with Crippen molar-refractivity contribution in [3.05, 3.63) is 23.8 Å². The number of nitrogens with two attached hydrogens (primary N) is 3. The highest BCUT2D eigenvalue weighted by Crippen LogP contribution is 2.27. The van der Waals surface area contributed by atoms with Gasteiger partial charge in [0.25, 0.3) is 0 Å². The molecule has 0 saturated heterocycles. The first-order chi connectivity index (χ1) is 17.2. The van der Waals surface area contributed by atoms with Crippen LogP contribution in [-0.4, -0.2) is 97.1 Å². The number of carbonyl (C=O) groups excluding carboxylic acids is 3. The Morgan fingerprint density at radius 3 is 2.11 bits per heavy atom. The molecule has 0 fully saturated rings. The zero-order valence-corrected chi connectivity index (χ0v) is 21.8. The number of benzene rings is 1. The number of aromatic hydroxyl groups is 2. The minimum atomic E-state index is -2.83. The Balaban J connectivity index is 3.15. The maximum absolute atomic E-state index is 13.1. The lowest BCUT2D eigenvalue weighted by Gasteiger charge is -2.33. The van der Waals surface area contributed by atoms with E-state index in [2.05, 4.69) is 0 Å². The fourth-order valence-corrected chi connectivity index (χ4v) is 4.40. The molecule has 0 amide bonds. The molecule has 37 heavy (non-hydrogen) atoms. The van der Waals surface area contributed by atoms with Crippen LogP contribution < -0.4 is 17.2 Å². The lowest BCUT2D eigenvalue weighted by molar-refractivity contribution is -0.153. The Labute approximate surface area is 221 Å². The fraction of sp³-hybridized carbons (Fsp3) is 0.500. The highest BCUT2D eigenvalue weighted by molar-refractivity contribution is 7.98. The third-order valence-electron chi connectivity index (χ3n) is 5.65. The number of aliphatic carboxylic acids is 2. The first kappa shape index (κ1) is 32.2. The van der Waals surface area contributed by atoms with Crippen LogP contribution in [0.15, 0.2) is 18.2 Å². The van der Waals surface area contributed by atoms with Gasteiger partial charge in [-0.2, -0.15) is 23.5 Å². The molecule has 0 bridgehead atoms. The smallest absolute Gasteiger partial charge is 0.338 e. The normalized spacial score (nSPS) is 16.0. The summed E-state index contributed by atoms with van der Waals surface area (Å²) in [7, 11) is 0. The quantitative estimate of drug-likeness (QED) is 0.0766. The third-order valence-corrected chi connectivity index (χ3v) is 6.90. The SMILES string of the molecule is CSCCC(N)(C(=O)O)C(=O)CCC(N)C(=O)C(N)(C(=O)O)C(CSC)OC(=O)c1ccc(O)c(O)c1. The number of rotatable bonds is 16. The van der Waals surface area contributed by atoms with Crippen LogP contribution in [0.25, 0.3) is 0 Å². The first-order valence-corrected chi connectivity index (χ1v) is 13.5. The van der Waals surface area contributed by atoms with Gasteiger partial charge in [-0.25, -0.2) is 14.4 Å². The molecule has 0 aliphatic rings. The number of carboxylic acid groups (broad SMARTS) is 2. The monoisotopic (exact) mass is 561 g/mol. The van der Waals surface area contributed by atoms with E-state index in [9.17, 15) is 44.4 Å². The lowest BCUT2D eigenvalue weighted by atomic mass is 9.82. The summed E-state index contributed by atoms with van der Waals surface area (Å²) in [5.74, 6) is -7.78. The molecule has 0 aliphatic heterocycles. The molecule has 1 rings (SSSR count). The summed E-state index contributed by atoms with van der Waals surface area (Å²) in [6.45, 7) is 0. The van der Waals surface area contributed by atoms with Crippen molar-refractivity contribution in [1.29, 1.82) is 0 Å². The number of phenols is 2. The van der Waals surface area contributed by atoms with E-state index < -0.39 is 77.0 Å². The van der Waals surface area contributed by atoms with Crippen molar-refractivity contribution in [2.45, 2.75) is 42.5 Å². The third kappa shape index (κ3) is 7.58. The van der Waals surface area contributed by atoms with Crippen LogP contribution in [0.3, 0.4) is 0 Å². The Morgan fingerprint density at radius 2 is 1.62 bits per heavy atom. The molecular weight excluding hydrogens is 530 g/mol. The van der Waals surface area contributed by atoms with E-state index in [0.29, 0.717) is 0 Å². The predicted octanol–water partition coefficient (Wildman–Crippen LogP) is -0.451. The highest BCUT2D eigenvalue weighted by Gasteiger charge is 2.53. The predicted molar refractivity (Wildman–Crippen MR) is 137 cm³/mol. The Hall–Kier alpha value is -2.85. The summed E-state index contributed by atoms with van der Waals surface area (Å²) in [5.41, 5.74) is 12.4. The molecule has 10 N–H and O–H groups in total. The van der Waals surface area contributed by atoms with Gasteiger partial charge in [-0.05, 0) is 49.3 Å². The molecule has 0 aromatic heterocycles. The van der Waals surface area contributed by atoms with E-state index in [1.807, 2.05) is 0 Å². The molecule has 0 saturated carbocycles. The second-order valence-corrected chi connectivity index (χ2v) is 10.1. The molecule has 1 aromatic rings. The number of ketones is 2. The van der Waals surface area contributed by atoms with Crippen LogP contribution in [0.4, 0.5) is 0 Å². The number of Topliss-reactive ketones (excluding diaryl/α,β-unsaturated/α-hetero) is 2. The summed E-state index contributed by atoms with van der Waals surface area (Å²) in [4.78, 5) is 62.1. The van der Waals surface area contributed by atoms with Gasteiger partial charge >= 0.3 is 17.9 Å². The summed E-state index contributed by atoms with van der Waals surface area (Å²) in [5, 5.41) is 38.3. The van der Waals surface area contributed by atoms with Crippen molar-refractivity contribution in [3.63, 3.8) is 0 Å². The molecule has 4 unspecified atom stereocenters. The maximum atomic E-state index is 13.1. The minimum Gasteiger partial charge on any atom is -0.504 e. The largest absolute Gasteiger partial charge is 0.504 e. The zero-order valence-electron chi connectivity index (χ0n) is 20.2. The molecule has 0 spiro atoms. The molecule has 0 radical (unpaired) electrons. The van der Waals surface area contributed by atoms with Crippen molar-refractivity contribution in [1.82, 2.24) is 0 Å². The molecular formula is C22H31N3O10S2. The molecule has 4 atom stereocenters. The van der Waals surface area contributed by atoms with Gasteiger partial charge in [0.1, 0.15) is 6.10 Å². The van der Waals surface area contributed by atoms with Crippen molar-refractivity contribution in [2.75, 3.05) is 24.0 Å². The van der Waals surface area contributed by atoms with Crippen LogP contribution in [0.1, 0.15) is 29.6 Å². The van der Waals surface area contributed by atoms with Crippen LogP contribution in [0, 0.1) is 0 Å². The van der Waals surface area contributed by atoms with Gasteiger partial charge in [0.05, 0.1) is 11.6 Å². The number of esters is 1. The second kappa shape index (κ2) is 13.6. The van der Waals surface area contributed by atoms with E-state index in [4.69, 9.17) is 21.9 Å². The number of thioether (sulfide) groups is 2. The Bertz CT molecular complexity index is 1040. The summed E-state index contributed by atoms with van der Waals surface area (Å²) < 4.78 is 5.22. The molecule has 0 heterocycles. The van der Waals surface area contributed by atoms with E-state index in [-0.39, 0.29) is 23.5 Å². The fourth-order valence-electron chi connectivity index (χ4n) is 3.24. The summed E-state index contributed by atoms with van der Waals surface area (Å²) in [6, 6.07) is 1.35. The van der Waals surface area contributed by atoms with Gasteiger partial charge in [-0.1, -0.05) is 0 Å². The number of ether oxygens (including phenoxy) is 1. The topological polar surface area (TPSA) is 254 Å². The van der Waals surface area contributed by atoms with Crippen molar-refractivity contribution >= 4 is 53.0 Å². The Kier molecular flexibility index (Phi) is 11.8. The number of carboxylic acids is 2. The van der Waals surface area contributed by atoms with E-state index >= 15 is 0 Å². The van der Waals surface area contributed by atoms with Gasteiger partial charge in [0, 0.05) is 12.2 Å². The van der Waals surface area contributed by atoms with Crippen molar-refractivity contribution < 1.29 is 49.1 Å². The summed E-state index contributed by atoms with van der Waals surface area (Å²) in [6.07, 6.45) is 0.351. The average molecular weight is 562 g/mol. The van der Waals surface area contributed by atoms with Gasteiger partial charge in [0.15, 0.2) is 28.6 Å². The number of carbonyl (C=O) groups is 5. The van der Waals surface area contributed by atoms with Gasteiger partial charge < -0.3 is 42.4 Å². The number of hydrogen-bond acceptors (Lipinski definition) is 13.